The van der Waals surface area contributed by atoms with Gasteiger partial charge in [-0.15, -0.1) is 12.4 Å². The number of hydrogen-bond donors (Lipinski definition) is 2. The molecular formula is C19H28Cl2N2O. The lowest BCUT2D eigenvalue weighted by Gasteiger charge is -2.29. The lowest BCUT2D eigenvalue weighted by molar-refractivity contribution is -0.126. The zero-order chi connectivity index (χ0) is 16.1. The van der Waals surface area contributed by atoms with Gasteiger partial charge in [-0.25, -0.2) is 0 Å². The van der Waals surface area contributed by atoms with Crippen molar-refractivity contribution >= 4 is 29.9 Å². The predicted molar refractivity (Wildman–Crippen MR) is 102 cm³/mol. The second kappa shape index (κ2) is 9.07. The molecule has 134 valence electrons. The van der Waals surface area contributed by atoms with Crippen LogP contribution in [0.3, 0.4) is 0 Å². The molecule has 1 unspecified atom stereocenters. The predicted octanol–water partition coefficient (Wildman–Crippen LogP) is 4.08. The van der Waals surface area contributed by atoms with E-state index in [1.807, 2.05) is 24.3 Å². The SMILES string of the molecule is Cl.O=C(NCCC1CCCNC1)C1(c2ccc(Cl)cc2)CCCC1. The lowest BCUT2D eigenvalue weighted by atomic mass is 9.78. The summed E-state index contributed by atoms with van der Waals surface area (Å²) in [4.78, 5) is 12.9. The maximum atomic E-state index is 12.9. The Labute approximate surface area is 156 Å². The Morgan fingerprint density at radius 3 is 2.54 bits per heavy atom. The molecule has 0 bridgehead atoms. The highest BCUT2D eigenvalue weighted by atomic mass is 35.5. The van der Waals surface area contributed by atoms with Gasteiger partial charge in [-0.05, 0) is 68.8 Å². The van der Waals surface area contributed by atoms with Crippen LogP contribution >= 0.6 is 24.0 Å². The van der Waals surface area contributed by atoms with Crippen LogP contribution in [0.15, 0.2) is 24.3 Å². The molecule has 2 aliphatic rings. The summed E-state index contributed by atoms with van der Waals surface area (Å²) < 4.78 is 0. The molecule has 1 amide bonds. The van der Waals surface area contributed by atoms with E-state index < -0.39 is 0 Å². The van der Waals surface area contributed by atoms with E-state index in [1.165, 1.54) is 12.8 Å². The summed E-state index contributed by atoms with van der Waals surface area (Å²) in [5.41, 5.74) is 0.784. The molecule has 1 aliphatic heterocycles. The van der Waals surface area contributed by atoms with Crippen LogP contribution < -0.4 is 10.6 Å². The van der Waals surface area contributed by atoms with Crippen molar-refractivity contribution in [1.82, 2.24) is 10.6 Å². The molecule has 1 atom stereocenters. The monoisotopic (exact) mass is 370 g/mol. The first-order chi connectivity index (χ1) is 11.2. The van der Waals surface area contributed by atoms with Crippen molar-refractivity contribution in [3.63, 3.8) is 0 Å². The van der Waals surface area contributed by atoms with E-state index in [2.05, 4.69) is 10.6 Å². The summed E-state index contributed by atoms with van der Waals surface area (Å²) in [6.45, 7) is 3.03. The van der Waals surface area contributed by atoms with Crippen molar-refractivity contribution in [3.8, 4) is 0 Å². The van der Waals surface area contributed by atoms with E-state index in [-0.39, 0.29) is 23.7 Å². The Balaban J connectivity index is 0.00000208. The first kappa shape index (κ1) is 19.6. The van der Waals surface area contributed by atoms with Crippen LogP contribution in [0.2, 0.25) is 5.02 Å². The van der Waals surface area contributed by atoms with Gasteiger partial charge >= 0.3 is 0 Å². The largest absolute Gasteiger partial charge is 0.355 e. The van der Waals surface area contributed by atoms with Crippen LogP contribution in [0.1, 0.15) is 50.5 Å². The number of nitrogens with one attached hydrogen (secondary N) is 2. The van der Waals surface area contributed by atoms with E-state index in [0.29, 0.717) is 5.92 Å². The highest BCUT2D eigenvalue weighted by Gasteiger charge is 2.42. The zero-order valence-corrected chi connectivity index (χ0v) is 15.7. The standard InChI is InChI=1S/C19H27ClN2O.ClH/c20-17-7-5-16(6-8-17)19(10-1-2-11-19)18(23)22-13-9-15-4-3-12-21-14-15;/h5-8,15,21H,1-4,9-14H2,(H,22,23);1H. The van der Waals surface area contributed by atoms with Gasteiger partial charge in [0.05, 0.1) is 5.41 Å². The van der Waals surface area contributed by atoms with Gasteiger partial charge in [0.2, 0.25) is 5.91 Å². The molecule has 3 nitrogen and oxygen atoms in total. The molecule has 1 saturated heterocycles. The van der Waals surface area contributed by atoms with Gasteiger partial charge in [0.25, 0.3) is 0 Å². The number of benzene rings is 1. The molecule has 1 aromatic rings. The van der Waals surface area contributed by atoms with Gasteiger partial charge in [-0.3, -0.25) is 4.79 Å². The average Bonchev–Trinajstić information content (AvgIpc) is 3.07. The number of piperidine rings is 1. The third kappa shape index (κ3) is 4.44. The Morgan fingerprint density at radius 1 is 1.21 bits per heavy atom. The topological polar surface area (TPSA) is 41.1 Å². The van der Waals surface area contributed by atoms with E-state index in [1.54, 1.807) is 0 Å². The molecule has 3 rings (SSSR count). The fourth-order valence-electron chi connectivity index (χ4n) is 4.12. The highest BCUT2D eigenvalue weighted by Crippen LogP contribution is 2.41. The van der Waals surface area contributed by atoms with Gasteiger partial charge in [-0.1, -0.05) is 36.6 Å². The Hall–Kier alpha value is -0.770. The number of carbonyl (C=O) groups excluding carboxylic acids is 1. The molecule has 1 heterocycles. The maximum absolute atomic E-state index is 12.9. The minimum Gasteiger partial charge on any atom is -0.355 e. The van der Waals surface area contributed by atoms with E-state index in [9.17, 15) is 4.79 Å². The summed E-state index contributed by atoms with van der Waals surface area (Å²) >= 11 is 6.01. The summed E-state index contributed by atoms with van der Waals surface area (Å²) in [6, 6.07) is 7.85. The lowest BCUT2D eigenvalue weighted by Crippen LogP contribution is -2.43. The van der Waals surface area contributed by atoms with Crippen molar-refractivity contribution < 1.29 is 4.79 Å². The van der Waals surface area contributed by atoms with Gasteiger partial charge < -0.3 is 10.6 Å². The third-order valence-electron chi connectivity index (χ3n) is 5.53. The number of hydrogen-bond acceptors (Lipinski definition) is 2. The van der Waals surface area contributed by atoms with Gasteiger partial charge in [0.15, 0.2) is 0 Å². The van der Waals surface area contributed by atoms with Gasteiger partial charge in [0, 0.05) is 11.6 Å². The smallest absolute Gasteiger partial charge is 0.230 e. The molecule has 5 heteroatoms. The van der Waals surface area contributed by atoms with Crippen molar-refractivity contribution in [2.75, 3.05) is 19.6 Å². The number of rotatable bonds is 5. The van der Waals surface area contributed by atoms with Crippen molar-refractivity contribution in [1.29, 1.82) is 0 Å². The van der Waals surface area contributed by atoms with Crippen LogP contribution in [0.5, 0.6) is 0 Å². The molecule has 1 saturated carbocycles. The van der Waals surface area contributed by atoms with Crippen LogP contribution in [0.4, 0.5) is 0 Å². The maximum Gasteiger partial charge on any atom is 0.230 e. The fraction of sp³-hybridized carbons (Fsp3) is 0.632. The molecule has 0 radical (unpaired) electrons. The third-order valence-corrected chi connectivity index (χ3v) is 5.78. The van der Waals surface area contributed by atoms with Crippen molar-refractivity contribution in [2.45, 2.75) is 50.4 Å². The Morgan fingerprint density at radius 2 is 1.92 bits per heavy atom. The summed E-state index contributed by atoms with van der Waals surface area (Å²) in [5.74, 6) is 0.917. The normalized spacial score (nSPS) is 22.6. The average molecular weight is 371 g/mol. The molecular weight excluding hydrogens is 343 g/mol. The van der Waals surface area contributed by atoms with E-state index in [4.69, 9.17) is 11.6 Å². The summed E-state index contributed by atoms with van der Waals surface area (Å²) in [6.07, 6.45) is 7.77. The molecule has 0 spiro atoms. The van der Waals surface area contributed by atoms with Gasteiger partial charge in [0.1, 0.15) is 0 Å². The zero-order valence-electron chi connectivity index (χ0n) is 14.2. The van der Waals surface area contributed by atoms with Crippen molar-refractivity contribution in [2.24, 2.45) is 5.92 Å². The molecule has 1 aromatic carbocycles. The van der Waals surface area contributed by atoms with Crippen molar-refractivity contribution in [3.05, 3.63) is 34.9 Å². The Bertz CT molecular complexity index is 521. The Kier molecular flexibility index (Phi) is 7.39. The molecule has 0 aromatic heterocycles. The summed E-state index contributed by atoms with van der Waals surface area (Å²) in [5, 5.41) is 7.40. The number of amides is 1. The minimum atomic E-state index is -0.338. The number of halogens is 2. The molecule has 1 aliphatic carbocycles. The number of carbonyl (C=O) groups is 1. The van der Waals surface area contributed by atoms with Crippen LogP contribution in [0, 0.1) is 5.92 Å². The highest BCUT2D eigenvalue weighted by molar-refractivity contribution is 6.30. The second-order valence-corrected chi connectivity index (χ2v) is 7.49. The second-order valence-electron chi connectivity index (χ2n) is 7.05. The molecule has 24 heavy (non-hydrogen) atoms. The first-order valence-corrected chi connectivity index (χ1v) is 9.33. The van der Waals surface area contributed by atoms with Crippen LogP contribution in [-0.2, 0) is 10.2 Å². The first-order valence-electron chi connectivity index (χ1n) is 8.96. The minimum absolute atomic E-state index is 0. The molecule has 2 fully saturated rings. The van der Waals surface area contributed by atoms with Crippen LogP contribution in [0.25, 0.3) is 0 Å². The van der Waals surface area contributed by atoms with E-state index >= 15 is 0 Å². The fourth-order valence-corrected chi connectivity index (χ4v) is 4.25. The van der Waals surface area contributed by atoms with Crippen LogP contribution in [-0.4, -0.2) is 25.5 Å². The quantitative estimate of drug-likeness (QED) is 0.819. The molecule has 2 N–H and O–H groups in total. The summed E-state index contributed by atoms with van der Waals surface area (Å²) in [7, 11) is 0. The van der Waals surface area contributed by atoms with E-state index in [0.717, 1.165) is 62.3 Å². The van der Waals surface area contributed by atoms with Gasteiger partial charge in [-0.2, -0.15) is 0 Å².